The lowest BCUT2D eigenvalue weighted by molar-refractivity contribution is -0.120. The topological polar surface area (TPSA) is 61.4 Å². The zero-order valence-corrected chi connectivity index (χ0v) is 17.5. The Hall–Kier alpha value is -2.66. The third-order valence-electron chi connectivity index (χ3n) is 5.26. The van der Waals surface area contributed by atoms with Crippen LogP contribution in [0.3, 0.4) is 0 Å². The molecule has 0 atom stereocenters. The van der Waals surface area contributed by atoms with E-state index in [2.05, 4.69) is 39.8 Å². The van der Waals surface area contributed by atoms with Crippen LogP contribution in [0, 0.1) is 13.8 Å². The van der Waals surface area contributed by atoms with E-state index < -0.39 is 0 Å². The van der Waals surface area contributed by atoms with Gasteiger partial charge in [-0.05, 0) is 63.0 Å². The SMILES string of the molecule is Cc1cc(C)cc(C(=O)NCC(=O)NCc2ccc(CN3CCCCC3)cc2)c1. The van der Waals surface area contributed by atoms with Crippen LogP contribution in [0.15, 0.2) is 42.5 Å². The van der Waals surface area contributed by atoms with Gasteiger partial charge < -0.3 is 10.6 Å². The minimum Gasteiger partial charge on any atom is -0.350 e. The first-order valence-corrected chi connectivity index (χ1v) is 10.4. The first-order chi connectivity index (χ1) is 14.0. The summed E-state index contributed by atoms with van der Waals surface area (Å²) < 4.78 is 0. The van der Waals surface area contributed by atoms with Crippen molar-refractivity contribution in [3.63, 3.8) is 0 Å². The summed E-state index contributed by atoms with van der Waals surface area (Å²) in [5.41, 5.74) is 5.01. The Morgan fingerprint density at radius 1 is 0.862 bits per heavy atom. The maximum atomic E-state index is 12.2. The largest absolute Gasteiger partial charge is 0.350 e. The van der Waals surface area contributed by atoms with Crippen molar-refractivity contribution >= 4 is 11.8 Å². The maximum absolute atomic E-state index is 12.2. The van der Waals surface area contributed by atoms with Crippen molar-refractivity contribution in [2.24, 2.45) is 0 Å². The number of piperidine rings is 1. The zero-order valence-electron chi connectivity index (χ0n) is 17.5. The molecular formula is C24H31N3O2. The quantitative estimate of drug-likeness (QED) is 0.758. The van der Waals surface area contributed by atoms with Crippen LogP contribution in [0.4, 0.5) is 0 Å². The molecule has 1 saturated heterocycles. The average molecular weight is 394 g/mol. The fourth-order valence-electron chi connectivity index (χ4n) is 3.77. The van der Waals surface area contributed by atoms with E-state index in [0.717, 1.165) is 23.2 Å². The van der Waals surface area contributed by atoms with Crippen molar-refractivity contribution in [2.45, 2.75) is 46.2 Å². The summed E-state index contributed by atoms with van der Waals surface area (Å²) in [6.07, 6.45) is 3.94. The number of rotatable bonds is 7. The summed E-state index contributed by atoms with van der Waals surface area (Å²) in [5.74, 6) is -0.422. The molecule has 1 aliphatic heterocycles. The fraction of sp³-hybridized carbons (Fsp3) is 0.417. The minimum atomic E-state index is -0.228. The molecule has 0 spiro atoms. The number of carbonyl (C=O) groups excluding carboxylic acids is 2. The van der Waals surface area contributed by atoms with Gasteiger partial charge in [-0.1, -0.05) is 47.9 Å². The van der Waals surface area contributed by atoms with Gasteiger partial charge in [0, 0.05) is 18.7 Å². The van der Waals surface area contributed by atoms with Gasteiger partial charge in [0.25, 0.3) is 5.91 Å². The molecule has 0 saturated carbocycles. The van der Waals surface area contributed by atoms with Gasteiger partial charge in [0.15, 0.2) is 0 Å². The normalized spacial score (nSPS) is 14.4. The molecular weight excluding hydrogens is 362 g/mol. The van der Waals surface area contributed by atoms with Gasteiger partial charge >= 0.3 is 0 Å². The van der Waals surface area contributed by atoms with E-state index in [1.807, 2.05) is 32.0 Å². The molecule has 2 N–H and O–H groups in total. The highest BCUT2D eigenvalue weighted by Crippen LogP contribution is 2.13. The number of hydrogen-bond acceptors (Lipinski definition) is 3. The molecule has 154 valence electrons. The third-order valence-corrected chi connectivity index (χ3v) is 5.26. The molecule has 29 heavy (non-hydrogen) atoms. The number of aryl methyl sites for hydroxylation is 2. The number of carbonyl (C=O) groups is 2. The summed E-state index contributed by atoms with van der Waals surface area (Å²) in [6, 6.07) is 14.1. The molecule has 5 nitrogen and oxygen atoms in total. The Labute approximate surface area is 173 Å². The van der Waals surface area contributed by atoms with Crippen molar-refractivity contribution in [1.82, 2.24) is 15.5 Å². The van der Waals surface area contributed by atoms with Crippen molar-refractivity contribution in [3.05, 3.63) is 70.3 Å². The molecule has 1 fully saturated rings. The van der Waals surface area contributed by atoms with Gasteiger partial charge in [-0.15, -0.1) is 0 Å². The van der Waals surface area contributed by atoms with Gasteiger partial charge in [0.2, 0.25) is 5.91 Å². The van der Waals surface area contributed by atoms with E-state index in [-0.39, 0.29) is 18.4 Å². The molecule has 2 aromatic carbocycles. The summed E-state index contributed by atoms with van der Waals surface area (Å²) in [6.45, 7) is 7.71. The van der Waals surface area contributed by atoms with Crippen LogP contribution >= 0.6 is 0 Å². The summed E-state index contributed by atoms with van der Waals surface area (Å²) in [7, 11) is 0. The first-order valence-electron chi connectivity index (χ1n) is 10.4. The van der Waals surface area contributed by atoms with Gasteiger partial charge in [-0.25, -0.2) is 0 Å². The lowest BCUT2D eigenvalue weighted by Crippen LogP contribution is -2.36. The van der Waals surface area contributed by atoms with E-state index >= 15 is 0 Å². The molecule has 0 radical (unpaired) electrons. The minimum absolute atomic E-state index is 0.0289. The second kappa shape index (κ2) is 10.2. The first kappa shape index (κ1) is 21.1. The number of nitrogens with one attached hydrogen (secondary N) is 2. The number of amides is 2. The molecule has 3 rings (SSSR count). The molecule has 2 amide bonds. The van der Waals surface area contributed by atoms with Crippen molar-refractivity contribution in [2.75, 3.05) is 19.6 Å². The zero-order chi connectivity index (χ0) is 20.6. The standard InChI is InChI=1S/C24H31N3O2/c1-18-12-19(2)14-22(13-18)24(29)26-16-23(28)25-15-20-6-8-21(9-7-20)17-27-10-4-3-5-11-27/h6-9,12-14H,3-5,10-11,15-17H2,1-2H3,(H,25,28)(H,26,29). The highest BCUT2D eigenvalue weighted by atomic mass is 16.2. The van der Waals surface area contributed by atoms with E-state index in [0.29, 0.717) is 12.1 Å². The number of benzene rings is 2. The Morgan fingerprint density at radius 2 is 1.48 bits per heavy atom. The summed E-state index contributed by atoms with van der Waals surface area (Å²) in [5, 5.41) is 5.55. The summed E-state index contributed by atoms with van der Waals surface area (Å²) in [4.78, 5) is 26.8. The molecule has 1 aliphatic rings. The monoisotopic (exact) mass is 393 g/mol. The van der Waals surface area contributed by atoms with Crippen LogP contribution in [0.5, 0.6) is 0 Å². The molecule has 0 aromatic heterocycles. The maximum Gasteiger partial charge on any atom is 0.251 e. The lowest BCUT2D eigenvalue weighted by atomic mass is 10.1. The van der Waals surface area contributed by atoms with Crippen LogP contribution < -0.4 is 10.6 Å². The molecule has 5 heteroatoms. The Morgan fingerprint density at radius 3 is 2.14 bits per heavy atom. The molecule has 0 aliphatic carbocycles. The predicted molar refractivity (Wildman–Crippen MR) is 116 cm³/mol. The average Bonchev–Trinajstić information content (AvgIpc) is 2.71. The Balaban J connectivity index is 1.41. The second-order valence-electron chi connectivity index (χ2n) is 7.99. The number of nitrogens with zero attached hydrogens (tertiary/aromatic N) is 1. The van der Waals surface area contributed by atoms with Crippen molar-refractivity contribution < 1.29 is 9.59 Å². The van der Waals surface area contributed by atoms with Crippen LogP contribution in [-0.2, 0) is 17.9 Å². The van der Waals surface area contributed by atoms with E-state index in [1.54, 1.807) is 0 Å². The third kappa shape index (κ3) is 6.71. The Kier molecular flexibility index (Phi) is 7.42. The van der Waals surface area contributed by atoms with E-state index in [9.17, 15) is 9.59 Å². The molecule has 0 bridgehead atoms. The number of likely N-dealkylation sites (tertiary alicyclic amines) is 1. The molecule has 2 aromatic rings. The van der Waals surface area contributed by atoms with Crippen molar-refractivity contribution in [3.8, 4) is 0 Å². The van der Waals surface area contributed by atoms with Gasteiger partial charge in [-0.2, -0.15) is 0 Å². The van der Waals surface area contributed by atoms with Crippen LogP contribution in [0.25, 0.3) is 0 Å². The van der Waals surface area contributed by atoms with Crippen LogP contribution in [-0.4, -0.2) is 36.3 Å². The van der Waals surface area contributed by atoms with E-state index in [4.69, 9.17) is 0 Å². The van der Waals surface area contributed by atoms with Gasteiger partial charge in [-0.3, -0.25) is 14.5 Å². The van der Waals surface area contributed by atoms with Crippen LogP contribution in [0.2, 0.25) is 0 Å². The summed E-state index contributed by atoms with van der Waals surface area (Å²) >= 11 is 0. The predicted octanol–water partition coefficient (Wildman–Crippen LogP) is 3.34. The van der Waals surface area contributed by atoms with Crippen molar-refractivity contribution in [1.29, 1.82) is 0 Å². The van der Waals surface area contributed by atoms with E-state index in [1.165, 1.54) is 37.9 Å². The highest BCUT2D eigenvalue weighted by Gasteiger charge is 2.11. The highest BCUT2D eigenvalue weighted by molar-refractivity contribution is 5.96. The molecule has 1 heterocycles. The lowest BCUT2D eigenvalue weighted by Gasteiger charge is -2.26. The van der Waals surface area contributed by atoms with Crippen LogP contribution in [0.1, 0.15) is 51.9 Å². The Bertz CT molecular complexity index is 819. The molecule has 0 unspecified atom stereocenters. The smallest absolute Gasteiger partial charge is 0.251 e. The van der Waals surface area contributed by atoms with Gasteiger partial charge in [0.1, 0.15) is 0 Å². The number of hydrogen-bond donors (Lipinski definition) is 2. The second-order valence-corrected chi connectivity index (χ2v) is 7.99. The fourth-order valence-corrected chi connectivity index (χ4v) is 3.77. The van der Waals surface area contributed by atoms with Gasteiger partial charge in [0.05, 0.1) is 6.54 Å².